The maximum atomic E-state index is 5.66. The number of hydrogen-bond donors (Lipinski definition) is 0. The molecule has 20 heavy (non-hydrogen) atoms. The van der Waals surface area contributed by atoms with Crippen molar-refractivity contribution < 1.29 is 4.74 Å². The van der Waals surface area contributed by atoms with Gasteiger partial charge >= 0.3 is 0 Å². The van der Waals surface area contributed by atoms with Crippen LogP contribution in [0.3, 0.4) is 0 Å². The summed E-state index contributed by atoms with van der Waals surface area (Å²) in [5.74, 6) is 1.11. The zero-order chi connectivity index (χ0) is 13.8. The molecule has 1 saturated heterocycles. The maximum absolute atomic E-state index is 5.66. The summed E-state index contributed by atoms with van der Waals surface area (Å²) in [6, 6.07) is 4.22. The van der Waals surface area contributed by atoms with Gasteiger partial charge in [-0.25, -0.2) is 4.98 Å². The van der Waals surface area contributed by atoms with Gasteiger partial charge in [0.15, 0.2) is 0 Å². The molecule has 0 bridgehead atoms. The molecule has 1 aromatic rings. The van der Waals surface area contributed by atoms with E-state index >= 15 is 0 Å². The Bertz CT molecular complexity index is 467. The Morgan fingerprint density at radius 3 is 2.85 bits per heavy atom. The molecule has 0 radical (unpaired) electrons. The van der Waals surface area contributed by atoms with Crippen LogP contribution in [0.4, 0.5) is 5.82 Å². The predicted octanol–water partition coefficient (Wildman–Crippen LogP) is 2.20. The molecule has 0 aliphatic carbocycles. The Morgan fingerprint density at radius 2 is 2.15 bits per heavy atom. The van der Waals surface area contributed by atoms with E-state index in [0.717, 1.165) is 51.4 Å². The molecule has 2 aliphatic rings. The van der Waals surface area contributed by atoms with Crippen LogP contribution >= 0.6 is 0 Å². The molecule has 4 nitrogen and oxygen atoms in total. The second kappa shape index (κ2) is 6.27. The van der Waals surface area contributed by atoms with Crippen molar-refractivity contribution in [2.45, 2.75) is 25.9 Å². The first-order valence-electron chi connectivity index (χ1n) is 7.52. The predicted molar refractivity (Wildman–Crippen MR) is 80.9 cm³/mol. The van der Waals surface area contributed by atoms with Crippen LogP contribution in [0.25, 0.3) is 0 Å². The highest BCUT2D eigenvalue weighted by molar-refractivity contribution is 5.41. The third-order valence-corrected chi connectivity index (χ3v) is 4.08. The van der Waals surface area contributed by atoms with Crippen LogP contribution in [0.5, 0.6) is 0 Å². The number of ether oxygens (including phenoxy) is 1. The van der Waals surface area contributed by atoms with Crippen LogP contribution < -0.4 is 4.90 Å². The van der Waals surface area contributed by atoms with Crippen LogP contribution in [-0.2, 0) is 4.74 Å². The fourth-order valence-corrected chi connectivity index (χ4v) is 2.86. The van der Waals surface area contributed by atoms with Crippen LogP contribution in [0.15, 0.2) is 30.7 Å². The molecule has 1 fully saturated rings. The molecular weight excluding hydrogens is 250 g/mol. The van der Waals surface area contributed by atoms with Crippen molar-refractivity contribution in [2.24, 2.45) is 0 Å². The fourth-order valence-electron chi connectivity index (χ4n) is 2.86. The number of hydrogen-bond acceptors (Lipinski definition) is 4. The maximum Gasteiger partial charge on any atom is 0.128 e. The van der Waals surface area contributed by atoms with E-state index in [0.29, 0.717) is 6.10 Å². The minimum Gasteiger partial charge on any atom is -0.497 e. The fraction of sp³-hybridized carbons (Fsp3) is 0.562. The molecule has 0 N–H and O–H groups in total. The number of rotatable bonds is 3. The molecule has 0 saturated carbocycles. The Hall–Kier alpha value is -1.55. The van der Waals surface area contributed by atoms with Gasteiger partial charge in [-0.2, -0.15) is 0 Å². The smallest absolute Gasteiger partial charge is 0.128 e. The van der Waals surface area contributed by atoms with E-state index in [1.165, 1.54) is 5.56 Å². The molecular formula is C16H23N3O. The summed E-state index contributed by atoms with van der Waals surface area (Å²) < 4.78 is 5.66. The van der Waals surface area contributed by atoms with Crippen molar-refractivity contribution in [2.75, 3.05) is 37.6 Å². The van der Waals surface area contributed by atoms with E-state index in [9.17, 15) is 0 Å². The zero-order valence-electron chi connectivity index (χ0n) is 12.2. The highest BCUT2D eigenvalue weighted by atomic mass is 16.5. The van der Waals surface area contributed by atoms with Crippen molar-refractivity contribution in [3.05, 3.63) is 36.2 Å². The van der Waals surface area contributed by atoms with E-state index in [2.05, 4.69) is 33.8 Å². The minimum absolute atomic E-state index is 0.378. The SMILES string of the molecule is Cc1ccnc(N2CCN(CC3CCC=CO3)CC2)c1. The standard InChI is InChI=1S/C16H23N3O/c1-14-5-6-17-16(12-14)19-9-7-18(8-10-19)13-15-4-2-3-11-20-15/h3,5-6,11-12,15H,2,4,7-10,13H2,1H3. The molecule has 4 heteroatoms. The number of nitrogens with zero attached hydrogens (tertiary/aromatic N) is 3. The minimum atomic E-state index is 0.378. The van der Waals surface area contributed by atoms with Gasteiger partial charge in [-0.05, 0) is 43.5 Å². The first-order valence-corrected chi connectivity index (χ1v) is 7.52. The van der Waals surface area contributed by atoms with Crippen LogP contribution in [0.2, 0.25) is 0 Å². The summed E-state index contributed by atoms with van der Waals surface area (Å²) in [5.41, 5.74) is 1.28. The van der Waals surface area contributed by atoms with Gasteiger partial charge in [0.25, 0.3) is 0 Å². The number of pyridine rings is 1. The third-order valence-electron chi connectivity index (χ3n) is 4.08. The van der Waals surface area contributed by atoms with E-state index in [1.807, 2.05) is 18.5 Å². The lowest BCUT2D eigenvalue weighted by molar-refractivity contribution is 0.0766. The molecule has 1 atom stereocenters. The highest BCUT2D eigenvalue weighted by Gasteiger charge is 2.21. The molecule has 108 valence electrons. The summed E-state index contributed by atoms with van der Waals surface area (Å²) in [6.45, 7) is 7.48. The van der Waals surface area contributed by atoms with Crippen molar-refractivity contribution >= 4 is 5.82 Å². The lowest BCUT2D eigenvalue weighted by Crippen LogP contribution is -2.49. The van der Waals surface area contributed by atoms with Gasteiger partial charge in [0.1, 0.15) is 11.9 Å². The van der Waals surface area contributed by atoms with Crippen molar-refractivity contribution in [3.63, 3.8) is 0 Å². The van der Waals surface area contributed by atoms with Gasteiger partial charge in [0.2, 0.25) is 0 Å². The Balaban J connectivity index is 1.50. The topological polar surface area (TPSA) is 28.6 Å². The molecule has 3 heterocycles. The molecule has 0 spiro atoms. The largest absolute Gasteiger partial charge is 0.497 e. The first kappa shape index (κ1) is 13.4. The Kier molecular flexibility index (Phi) is 4.21. The van der Waals surface area contributed by atoms with Gasteiger partial charge in [0.05, 0.1) is 6.26 Å². The van der Waals surface area contributed by atoms with Crippen molar-refractivity contribution in [1.29, 1.82) is 0 Å². The number of piperazine rings is 1. The average Bonchev–Trinajstić information content (AvgIpc) is 2.49. The average molecular weight is 273 g/mol. The lowest BCUT2D eigenvalue weighted by Gasteiger charge is -2.37. The van der Waals surface area contributed by atoms with E-state index in [1.54, 1.807) is 0 Å². The molecule has 2 aliphatic heterocycles. The first-order chi connectivity index (χ1) is 9.81. The summed E-state index contributed by atoms with van der Waals surface area (Å²) in [6.07, 6.45) is 8.55. The quantitative estimate of drug-likeness (QED) is 0.844. The highest BCUT2D eigenvalue weighted by Crippen LogP contribution is 2.17. The summed E-state index contributed by atoms with van der Waals surface area (Å²) in [7, 11) is 0. The third kappa shape index (κ3) is 3.31. The van der Waals surface area contributed by atoms with E-state index < -0.39 is 0 Å². The van der Waals surface area contributed by atoms with E-state index in [-0.39, 0.29) is 0 Å². The van der Waals surface area contributed by atoms with Crippen molar-refractivity contribution in [3.8, 4) is 0 Å². The summed E-state index contributed by atoms with van der Waals surface area (Å²) in [4.78, 5) is 9.37. The molecule has 1 unspecified atom stereocenters. The van der Waals surface area contributed by atoms with E-state index in [4.69, 9.17) is 4.74 Å². The number of allylic oxidation sites excluding steroid dienone is 1. The lowest BCUT2D eigenvalue weighted by atomic mass is 10.1. The van der Waals surface area contributed by atoms with Gasteiger partial charge in [-0.1, -0.05) is 0 Å². The van der Waals surface area contributed by atoms with Gasteiger partial charge < -0.3 is 9.64 Å². The normalized spacial score (nSPS) is 23.6. The molecule has 0 aromatic carbocycles. The Labute approximate surface area is 121 Å². The van der Waals surface area contributed by atoms with Crippen molar-refractivity contribution in [1.82, 2.24) is 9.88 Å². The molecule has 3 rings (SSSR count). The summed E-state index contributed by atoms with van der Waals surface area (Å²) in [5, 5.41) is 0. The molecule has 1 aromatic heterocycles. The Morgan fingerprint density at radius 1 is 1.30 bits per heavy atom. The van der Waals surface area contributed by atoms with Gasteiger partial charge in [-0.3, -0.25) is 4.90 Å². The van der Waals surface area contributed by atoms with Gasteiger partial charge in [-0.15, -0.1) is 0 Å². The number of anilines is 1. The zero-order valence-corrected chi connectivity index (χ0v) is 12.2. The number of aryl methyl sites for hydroxylation is 1. The second-order valence-electron chi connectivity index (χ2n) is 5.69. The van der Waals surface area contributed by atoms with Crippen LogP contribution in [0, 0.1) is 6.92 Å². The van der Waals surface area contributed by atoms with Crippen LogP contribution in [-0.4, -0.2) is 48.7 Å². The molecule has 0 amide bonds. The second-order valence-corrected chi connectivity index (χ2v) is 5.69. The summed E-state index contributed by atoms with van der Waals surface area (Å²) >= 11 is 0. The number of aromatic nitrogens is 1. The monoisotopic (exact) mass is 273 g/mol. The van der Waals surface area contributed by atoms with Crippen LogP contribution in [0.1, 0.15) is 18.4 Å². The van der Waals surface area contributed by atoms with Gasteiger partial charge in [0, 0.05) is 38.9 Å².